The minimum atomic E-state index is -0.810. The van der Waals surface area contributed by atoms with E-state index in [0.29, 0.717) is 29.9 Å². The summed E-state index contributed by atoms with van der Waals surface area (Å²) in [6, 6.07) is 5.33. The van der Waals surface area contributed by atoms with Gasteiger partial charge in [-0.15, -0.1) is 0 Å². The number of ether oxygens (including phenoxy) is 2. The minimum absolute atomic E-state index is 0.181. The van der Waals surface area contributed by atoms with Gasteiger partial charge in [-0.1, -0.05) is 77.0 Å². The highest BCUT2D eigenvalue weighted by Crippen LogP contribution is 2.36. The molecule has 0 saturated carbocycles. The van der Waals surface area contributed by atoms with E-state index >= 15 is 0 Å². The van der Waals surface area contributed by atoms with E-state index in [4.69, 9.17) is 13.9 Å². The van der Waals surface area contributed by atoms with Gasteiger partial charge in [0.15, 0.2) is 17.1 Å². The van der Waals surface area contributed by atoms with E-state index in [1.54, 1.807) is 12.1 Å². The summed E-state index contributed by atoms with van der Waals surface area (Å²) in [5.74, 6) is 0.178. The predicted molar refractivity (Wildman–Crippen MR) is 122 cm³/mol. The van der Waals surface area contributed by atoms with Crippen LogP contribution in [0, 0.1) is 0 Å². The van der Waals surface area contributed by atoms with Crippen molar-refractivity contribution in [3.05, 3.63) is 40.8 Å². The van der Waals surface area contributed by atoms with Crippen molar-refractivity contribution in [1.82, 2.24) is 0 Å². The Hall–Kier alpha value is -2.43. The number of fused-ring (bicyclic) bond motifs is 1. The summed E-state index contributed by atoms with van der Waals surface area (Å²) in [7, 11) is 0. The van der Waals surface area contributed by atoms with Crippen LogP contribution in [0.4, 0.5) is 0 Å². The van der Waals surface area contributed by atoms with Crippen LogP contribution in [-0.4, -0.2) is 18.3 Å². The molecule has 166 valence electrons. The van der Waals surface area contributed by atoms with Crippen molar-refractivity contribution in [2.24, 2.45) is 0 Å². The van der Waals surface area contributed by atoms with Crippen molar-refractivity contribution in [1.29, 1.82) is 0 Å². The second-order valence-corrected chi connectivity index (χ2v) is 7.54. The van der Waals surface area contributed by atoms with Crippen LogP contribution in [0.2, 0.25) is 0 Å². The maximum atomic E-state index is 12.1. The van der Waals surface area contributed by atoms with E-state index in [1.807, 2.05) is 6.07 Å². The Morgan fingerprint density at radius 2 is 1.67 bits per heavy atom. The van der Waals surface area contributed by atoms with Crippen LogP contribution in [0.15, 0.2) is 39.6 Å². The number of hydrogen-bond donors (Lipinski definition) is 1. The number of rotatable bonds is 15. The Balaban J connectivity index is 1.96. The smallest absolute Gasteiger partial charge is 0.382 e. The van der Waals surface area contributed by atoms with Gasteiger partial charge in [-0.05, 0) is 31.4 Å². The summed E-state index contributed by atoms with van der Waals surface area (Å²) >= 11 is 0. The summed E-state index contributed by atoms with van der Waals surface area (Å²) in [6.45, 7) is 5.24. The van der Waals surface area contributed by atoms with Gasteiger partial charge >= 0.3 is 5.63 Å². The van der Waals surface area contributed by atoms with Gasteiger partial charge in [0.1, 0.15) is 0 Å². The van der Waals surface area contributed by atoms with Crippen LogP contribution in [0.5, 0.6) is 17.2 Å². The van der Waals surface area contributed by atoms with Gasteiger partial charge < -0.3 is 19.0 Å². The molecule has 0 bridgehead atoms. The third-order valence-electron chi connectivity index (χ3n) is 5.02. The molecule has 5 nitrogen and oxygen atoms in total. The lowest BCUT2D eigenvalue weighted by atomic mass is 10.1. The summed E-state index contributed by atoms with van der Waals surface area (Å²) in [5.41, 5.74) is -0.499. The molecule has 2 rings (SSSR count). The molecule has 1 heterocycles. The SMILES string of the molecule is CC/C=C/CCOc1cccc2c(OCCCCCCCCCC)c(O)c(=O)oc12. The maximum Gasteiger partial charge on any atom is 0.382 e. The Morgan fingerprint density at radius 3 is 2.40 bits per heavy atom. The lowest BCUT2D eigenvalue weighted by Gasteiger charge is -2.12. The second kappa shape index (κ2) is 13.7. The first-order valence-corrected chi connectivity index (χ1v) is 11.4. The molecule has 0 amide bonds. The number of allylic oxidation sites excluding steroid dienone is 1. The first kappa shape index (κ1) is 23.8. The molecular weight excluding hydrogens is 380 g/mol. The van der Waals surface area contributed by atoms with Crippen LogP contribution in [0.1, 0.15) is 78.1 Å². The number of unbranched alkanes of at least 4 members (excludes halogenated alkanes) is 7. The molecule has 1 aromatic heterocycles. The molecule has 1 N–H and O–H groups in total. The molecule has 0 saturated heterocycles. The highest BCUT2D eigenvalue weighted by molar-refractivity contribution is 5.89. The molecule has 0 atom stereocenters. The van der Waals surface area contributed by atoms with Crippen molar-refractivity contribution in [2.45, 2.75) is 78.1 Å². The zero-order valence-electron chi connectivity index (χ0n) is 18.5. The molecule has 0 unspecified atom stereocenters. The third kappa shape index (κ3) is 7.43. The largest absolute Gasteiger partial charge is 0.499 e. The Bertz CT molecular complexity index is 837. The van der Waals surface area contributed by atoms with Gasteiger partial charge in [0, 0.05) is 0 Å². The molecule has 0 aliphatic rings. The highest BCUT2D eigenvalue weighted by Gasteiger charge is 2.18. The Labute approximate surface area is 179 Å². The summed E-state index contributed by atoms with van der Waals surface area (Å²) in [5, 5.41) is 10.8. The summed E-state index contributed by atoms with van der Waals surface area (Å²) in [4.78, 5) is 12.1. The molecular formula is C25H36O5. The molecule has 2 aromatic rings. The van der Waals surface area contributed by atoms with Crippen molar-refractivity contribution < 1.29 is 19.0 Å². The molecule has 0 fully saturated rings. The van der Waals surface area contributed by atoms with Gasteiger partial charge in [0.05, 0.1) is 18.6 Å². The fraction of sp³-hybridized carbons (Fsp3) is 0.560. The predicted octanol–water partition coefficient (Wildman–Crippen LogP) is 6.75. The molecule has 30 heavy (non-hydrogen) atoms. The first-order chi connectivity index (χ1) is 14.7. The topological polar surface area (TPSA) is 68.9 Å². The van der Waals surface area contributed by atoms with E-state index in [2.05, 4.69) is 26.0 Å². The van der Waals surface area contributed by atoms with Gasteiger partial charge in [0.2, 0.25) is 5.75 Å². The van der Waals surface area contributed by atoms with Gasteiger partial charge in [-0.3, -0.25) is 0 Å². The number of para-hydroxylation sites is 1. The molecule has 0 aliphatic carbocycles. The fourth-order valence-corrected chi connectivity index (χ4v) is 3.35. The van der Waals surface area contributed by atoms with E-state index in [9.17, 15) is 9.90 Å². The van der Waals surface area contributed by atoms with Crippen molar-refractivity contribution in [3.8, 4) is 17.2 Å². The molecule has 0 aliphatic heterocycles. The average molecular weight is 417 g/mol. The van der Waals surface area contributed by atoms with Crippen molar-refractivity contribution in [3.63, 3.8) is 0 Å². The van der Waals surface area contributed by atoms with Crippen LogP contribution >= 0.6 is 0 Å². The zero-order chi connectivity index (χ0) is 21.6. The van der Waals surface area contributed by atoms with Crippen molar-refractivity contribution in [2.75, 3.05) is 13.2 Å². The fourth-order valence-electron chi connectivity index (χ4n) is 3.35. The molecule has 0 radical (unpaired) electrons. The zero-order valence-corrected chi connectivity index (χ0v) is 18.5. The average Bonchev–Trinajstić information content (AvgIpc) is 2.75. The van der Waals surface area contributed by atoms with Crippen LogP contribution in [-0.2, 0) is 0 Å². The van der Waals surface area contributed by atoms with Crippen LogP contribution in [0.3, 0.4) is 0 Å². The lowest BCUT2D eigenvalue weighted by molar-refractivity contribution is 0.284. The minimum Gasteiger partial charge on any atom is -0.499 e. The number of benzene rings is 1. The van der Waals surface area contributed by atoms with E-state index in [1.165, 1.54) is 38.5 Å². The quantitative estimate of drug-likeness (QED) is 0.197. The summed E-state index contributed by atoms with van der Waals surface area (Å²) < 4.78 is 16.9. The van der Waals surface area contributed by atoms with E-state index in [-0.39, 0.29) is 5.75 Å². The Kier molecular flexibility index (Phi) is 10.9. The number of hydrogen-bond acceptors (Lipinski definition) is 5. The summed E-state index contributed by atoms with van der Waals surface area (Å²) in [6.07, 6.45) is 15.5. The van der Waals surface area contributed by atoms with Crippen LogP contribution < -0.4 is 15.1 Å². The van der Waals surface area contributed by atoms with Gasteiger partial charge in [0.25, 0.3) is 0 Å². The normalized spacial score (nSPS) is 11.4. The Morgan fingerprint density at radius 1 is 0.933 bits per heavy atom. The van der Waals surface area contributed by atoms with E-state index < -0.39 is 11.4 Å². The second-order valence-electron chi connectivity index (χ2n) is 7.54. The molecule has 5 heteroatoms. The highest BCUT2D eigenvalue weighted by atomic mass is 16.5. The number of aromatic hydroxyl groups is 1. The third-order valence-corrected chi connectivity index (χ3v) is 5.02. The monoisotopic (exact) mass is 416 g/mol. The van der Waals surface area contributed by atoms with Gasteiger partial charge in [-0.25, -0.2) is 4.79 Å². The lowest BCUT2D eigenvalue weighted by Crippen LogP contribution is -2.06. The van der Waals surface area contributed by atoms with E-state index in [0.717, 1.165) is 25.7 Å². The standard InChI is InChI=1S/C25H36O5/c1-3-5-7-9-10-11-12-14-19-29-24-20-16-15-17-21(28-18-13-8-6-4-2)23(20)30-25(27)22(24)26/h6,8,15-17,26H,3-5,7,9-14,18-19H2,1-2H3/b8-6+. The molecule has 0 spiro atoms. The van der Waals surface area contributed by atoms with Gasteiger partial charge in [-0.2, -0.15) is 0 Å². The molecule has 1 aromatic carbocycles. The van der Waals surface area contributed by atoms with Crippen molar-refractivity contribution >= 4 is 11.0 Å². The maximum absolute atomic E-state index is 12.1. The van der Waals surface area contributed by atoms with Crippen LogP contribution in [0.25, 0.3) is 11.0 Å². The first-order valence-electron chi connectivity index (χ1n) is 11.4.